The van der Waals surface area contributed by atoms with E-state index in [4.69, 9.17) is 8.22 Å². The van der Waals surface area contributed by atoms with Crippen LogP contribution >= 0.6 is 15.9 Å². The van der Waals surface area contributed by atoms with Gasteiger partial charge < -0.3 is 0 Å². The molecule has 0 aliphatic heterocycles. The van der Waals surface area contributed by atoms with Crippen LogP contribution < -0.4 is 0 Å². The SMILES string of the molecule is [2H]c1nn(-c2nc(Br)c([2H])c([2H])c2[2H])c([2H])c1[2H]. The van der Waals surface area contributed by atoms with E-state index in [2.05, 4.69) is 26.0 Å². The van der Waals surface area contributed by atoms with E-state index >= 15 is 0 Å². The van der Waals surface area contributed by atoms with E-state index in [0.29, 0.717) is 0 Å². The first-order chi connectivity index (χ1) is 8.34. The molecule has 3 nitrogen and oxygen atoms in total. The lowest BCUT2D eigenvalue weighted by Crippen LogP contribution is -1.96. The number of hydrogen-bond acceptors (Lipinski definition) is 2. The van der Waals surface area contributed by atoms with E-state index < -0.39 is 6.17 Å². The Morgan fingerprint density at radius 3 is 3.08 bits per heavy atom. The highest BCUT2D eigenvalue weighted by Crippen LogP contribution is 2.08. The van der Waals surface area contributed by atoms with Crippen LogP contribution in [0.1, 0.15) is 8.22 Å². The molecule has 0 aromatic carbocycles. The molecular formula is C8H6BrN3. The van der Waals surface area contributed by atoms with Crippen molar-refractivity contribution in [1.82, 2.24) is 14.8 Å². The molecule has 12 heavy (non-hydrogen) atoms. The summed E-state index contributed by atoms with van der Waals surface area (Å²) in [5.74, 6) is -0.153. The molecule has 0 amide bonds. The molecule has 2 heterocycles. The van der Waals surface area contributed by atoms with Gasteiger partial charge in [-0.1, -0.05) is 6.04 Å². The lowest BCUT2D eigenvalue weighted by molar-refractivity contribution is 0.843. The van der Waals surface area contributed by atoms with Gasteiger partial charge in [-0.2, -0.15) is 5.10 Å². The third kappa shape index (κ3) is 1.38. The average molecular weight is 230 g/mol. The molecule has 4 heteroatoms. The summed E-state index contributed by atoms with van der Waals surface area (Å²) in [6, 6.07) is -1.35. The van der Waals surface area contributed by atoms with E-state index in [1.54, 1.807) is 0 Å². The second-order valence-electron chi connectivity index (χ2n) is 1.86. The van der Waals surface area contributed by atoms with Gasteiger partial charge in [-0.15, -0.1) is 0 Å². The van der Waals surface area contributed by atoms with E-state index in [0.717, 1.165) is 4.68 Å². The van der Waals surface area contributed by atoms with Gasteiger partial charge in [0.05, 0.1) is 8.22 Å². The quantitative estimate of drug-likeness (QED) is 0.701. The molecule has 0 atom stereocenters. The van der Waals surface area contributed by atoms with E-state index in [-0.39, 0.29) is 40.8 Å². The molecule has 0 bridgehead atoms. The van der Waals surface area contributed by atoms with Crippen molar-refractivity contribution in [2.45, 2.75) is 0 Å². The highest BCUT2D eigenvalue weighted by atomic mass is 79.9. The predicted octanol–water partition coefficient (Wildman–Crippen LogP) is 2.03. The van der Waals surface area contributed by atoms with Crippen LogP contribution in [0.25, 0.3) is 5.82 Å². The van der Waals surface area contributed by atoms with Crippen LogP contribution in [0.3, 0.4) is 0 Å². The van der Waals surface area contributed by atoms with Gasteiger partial charge in [-0.3, -0.25) is 0 Å². The summed E-state index contributed by atoms with van der Waals surface area (Å²) in [5.41, 5.74) is 0. The minimum absolute atomic E-state index is 0.0476. The molecule has 0 aliphatic rings. The Morgan fingerprint density at radius 1 is 1.42 bits per heavy atom. The number of pyridine rings is 1. The summed E-state index contributed by atoms with van der Waals surface area (Å²) in [4.78, 5) is 3.85. The van der Waals surface area contributed by atoms with Gasteiger partial charge in [0.2, 0.25) is 0 Å². The van der Waals surface area contributed by atoms with Gasteiger partial charge in [0.1, 0.15) is 4.60 Å². The lowest BCUT2D eigenvalue weighted by atomic mass is 10.5. The standard InChI is InChI=1S/C8H6BrN3/c9-7-3-1-4-8(11-7)12-6-2-5-10-12/h1-6H/i1D,2D,3D,4D,5D,6D. The van der Waals surface area contributed by atoms with Crippen molar-refractivity contribution in [3.05, 3.63) is 41.1 Å². The molecular weight excluding hydrogens is 218 g/mol. The molecule has 0 radical (unpaired) electrons. The van der Waals surface area contributed by atoms with Gasteiger partial charge in [-0.05, 0) is 34.1 Å². The fourth-order valence-corrected chi connectivity index (χ4v) is 0.933. The van der Waals surface area contributed by atoms with E-state index in [1.807, 2.05) is 0 Å². The molecule has 60 valence electrons. The second kappa shape index (κ2) is 3.06. The Hall–Kier alpha value is -1.16. The monoisotopic (exact) mass is 229 g/mol. The molecule has 0 saturated heterocycles. The fraction of sp³-hybridized carbons (Fsp3) is 0. The Labute approximate surface area is 86.6 Å². The van der Waals surface area contributed by atoms with Gasteiger partial charge >= 0.3 is 0 Å². The summed E-state index contributed by atoms with van der Waals surface area (Å²) in [6.07, 6.45) is -0.788. The molecule has 2 aromatic rings. The zero-order chi connectivity index (χ0) is 13.6. The van der Waals surface area contributed by atoms with Crippen LogP contribution in [-0.2, 0) is 0 Å². The molecule has 0 saturated carbocycles. The average Bonchev–Trinajstić information content (AvgIpc) is 2.59. The Kier molecular flexibility index (Phi) is 0.842. The Balaban J connectivity index is 2.76. The largest absolute Gasteiger partial charge is 0.223 e. The number of hydrogen-bond donors (Lipinski definition) is 0. The number of halogens is 1. The van der Waals surface area contributed by atoms with Gasteiger partial charge in [0.15, 0.2) is 5.82 Å². The first kappa shape index (κ1) is 3.30. The first-order valence-corrected chi connectivity index (χ1v) is 3.80. The van der Waals surface area contributed by atoms with E-state index in [1.165, 1.54) is 0 Å². The molecule has 0 N–H and O–H groups in total. The van der Waals surface area contributed by atoms with Crippen LogP contribution in [0.5, 0.6) is 0 Å². The van der Waals surface area contributed by atoms with Crippen LogP contribution in [-0.4, -0.2) is 14.8 Å². The smallest absolute Gasteiger partial charge is 0.154 e. The third-order valence-corrected chi connectivity index (χ3v) is 1.49. The normalized spacial score (nSPS) is 17.1. The molecule has 2 rings (SSSR count). The maximum Gasteiger partial charge on any atom is 0.154 e. The molecule has 2 aromatic heterocycles. The minimum Gasteiger partial charge on any atom is -0.223 e. The van der Waals surface area contributed by atoms with Crippen LogP contribution in [0.4, 0.5) is 0 Å². The van der Waals surface area contributed by atoms with Gasteiger partial charge in [0, 0.05) is 12.3 Å². The maximum atomic E-state index is 7.69. The summed E-state index contributed by atoms with van der Waals surface area (Å²) in [5, 5.41) is 3.61. The van der Waals surface area contributed by atoms with Crippen molar-refractivity contribution >= 4 is 15.9 Å². The zero-order valence-corrected chi connectivity index (χ0v) is 7.31. The van der Waals surface area contributed by atoms with Crippen molar-refractivity contribution in [3.8, 4) is 5.82 Å². The molecule has 0 spiro atoms. The maximum absolute atomic E-state index is 7.69. The minimum atomic E-state index is -0.404. The lowest BCUT2D eigenvalue weighted by Gasteiger charge is -1.98. The van der Waals surface area contributed by atoms with Crippen LogP contribution in [0.2, 0.25) is 0 Å². The number of rotatable bonds is 1. The molecule has 0 aliphatic carbocycles. The second-order valence-corrected chi connectivity index (χ2v) is 2.61. The van der Waals surface area contributed by atoms with Crippen molar-refractivity contribution < 1.29 is 8.22 Å². The van der Waals surface area contributed by atoms with E-state index in [9.17, 15) is 0 Å². The van der Waals surface area contributed by atoms with Crippen molar-refractivity contribution in [3.63, 3.8) is 0 Å². The van der Waals surface area contributed by atoms with Gasteiger partial charge in [-0.25, -0.2) is 9.67 Å². The summed E-state index contributed by atoms with van der Waals surface area (Å²) in [7, 11) is 0. The molecule has 0 unspecified atom stereocenters. The Bertz CT molecular complexity index is 640. The number of aromatic nitrogens is 3. The third-order valence-electron chi connectivity index (χ3n) is 1.11. The first-order valence-electron chi connectivity index (χ1n) is 6.01. The van der Waals surface area contributed by atoms with Crippen molar-refractivity contribution in [1.29, 1.82) is 0 Å². The van der Waals surface area contributed by atoms with Gasteiger partial charge in [0.25, 0.3) is 0 Å². The predicted molar refractivity (Wildman–Crippen MR) is 49.1 cm³/mol. The van der Waals surface area contributed by atoms with Crippen molar-refractivity contribution in [2.75, 3.05) is 0 Å². The molecule has 0 fully saturated rings. The summed E-state index contributed by atoms with van der Waals surface area (Å²) in [6.45, 7) is 0. The van der Waals surface area contributed by atoms with Crippen molar-refractivity contribution in [2.24, 2.45) is 0 Å². The topological polar surface area (TPSA) is 30.7 Å². The zero-order valence-electron chi connectivity index (χ0n) is 11.7. The highest BCUT2D eigenvalue weighted by Gasteiger charge is 1.96. The van der Waals surface area contributed by atoms with Crippen LogP contribution in [0, 0.1) is 0 Å². The summed E-state index contributed by atoms with van der Waals surface area (Å²) >= 11 is 2.98. The highest BCUT2D eigenvalue weighted by molar-refractivity contribution is 9.10. The fourth-order valence-electron chi connectivity index (χ4n) is 0.666. The van der Waals surface area contributed by atoms with Crippen LogP contribution in [0.15, 0.2) is 41.1 Å². The summed E-state index contributed by atoms with van der Waals surface area (Å²) < 4.78 is 45.9. The number of nitrogens with zero attached hydrogens (tertiary/aromatic N) is 3. The Morgan fingerprint density at radius 2 is 2.33 bits per heavy atom.